The van der Waals surface area contributed by atoms with Crippen LogP contribution in [-0.4, -0.2) is 27.8 Å². The van der Waals surface area contributed by atoms with Gasteiger partial charge in [0.15, 0.2) is 0 Å². The molecule has 126 valence electrons. The van der Waals surface area contributed by atoms with Crippen molar-refractivity contribution in [2.75, 3.05) is 10.6 Å². The molecule has 0 saturated carbocycles. The summed E-state index contributed by atoms with van der Waals surface area (Å²) in [5.74, 6) is 0.134. The van der Waals surface area contributed by atoms with Gasteiger partial charge in [0.05, 0.1) is 12.4 Å². The van der Waals surface area contributed by atoms with Crippen molar-refractivity contribution in [3.63, 3.8) is 0 Å². The van der Waals surface area contributed by atoms with E-state index in [2.05, 4.69) is 25.9 Å². The van der Waals surface area contributed by atoms with Crippen LogP contribution in [0.25, 0.3) is 0 Å². The number of hydrogen-bond acceptors (Lipinski definition) is 5. The number of amides is 2. The number of benzene rings is 1. The van der Waals surface area contributed by atoms with Crippen LogP contribution in [0.2, 0.25) is 0 Å². The van der Waals surface area contributed by atoms with E-state index in [0.29, 0.717) is 11.5 Å². The monoisotopic (exact) mass is 327 g/mol. The van der Waals surface area contributed by atoms with Crippen LogP contribution in [-0.2, 0) is 4.79 Å². The first-order valence-corrected chi connectivity index (χ1v) is 7.75. The van der Waals surface area contributed by atoms with Gasteiger partial charge in [0.25, 0.3) is 5.91 Å². The zero-order valence-electron chi connectivity index (χ0n) is 14.0. The van der Waals surface area contributed by atoms with Gasteiger partial charge < -0.3 is 16.0 Å². The van der Waals surface area contributed by atoms with Crippen LogP contribution < -0.4 is 16.0 Å². The van der Waals surface area contributed by atoms with Crippen molar-refractivity contribution in [1.29, 1.82) is 0 Å². The van der Waals surface area contributed by atoms with Crippen LogP contribution in [0.3, 0.4) is 0 Å². The van der Waals surface area contributed by atoms with Gasteiger partial charge >= 0.3 is 0 Å². The Balaban J connectivity index is 2.04. The van der Waals surface area contributed by atoms with Crippen LogP contribution in [0.4, 0.5) is 17.2 Å². The van der Waals surface area contributed by atoms with Crippen LogP contribution in [0, 0.1) is 0 Å². The van der Waals surface area contributed by atoms with Gasteiger partial charge in [-0.25, -0.2) is 9.97 Å². The fourth-order valence-electron chi connectivity index (χ4n) is 1.94. The summed E-state index contributed by atoms with van der Waals surface area (Å²) >= 11 is 0. The lowest BCUT2D eigenvalue weighted by atomic mass is 10.2. The van der Waals surface area contributed by atoms with Crippen molar-refractivity contribution in [3.05, 3.63) is 42.4 Å². The zero-order chi connectivity index (χ0) is 17.5. The van der Waals surface area contributed by atoms with Gasteiger partial charge in [-0.3, -0.25) is 9.59 Å². The van der Waals surface area contributed by atoms with E-state index in [1.54, 1.807) is 12.1 Å². The Bertz CT molecular complexity index is 715. The Hall–Kier alpha value is -2.96. The first-order valence-electron chi connectivity index (χ1n) is 7.75. The van der Waals surface area contributed by atoms with Crippen molar-refractivity contribution in [2.45, 2.75) is 33.2 Å². The Morgan fingerprint density at radius 3 is 2.54 bits per heavy atom. The summed E-state index contributed by atoms with van der Waals surface area (Å²) in [6, 6.07) is 7.33. The molecule has 0 saturated heterocycles. The number of carbonyl (C=O) groups excluding carboxylic acids is 2. The van der Waals surface area contributed by atoms with E-state index in [-0.39, 0.29) is 23.6 Å². The standard InChI is InChI=1S/C17H21N5O2/c1-4-11(2)20-17(24)15-9-19-16(10-18-15)22-14-7-5-6-13(8-14)21-12(3)23/h5-11H,4H2,1-3H3,(H,19,22)(H,20,24)(H,21,23). The summed E-state index contributed by atoms with van der Waals surface area (Å²) in [5.41, 5.74) is 1.71. The number of carbonyl (C=O) groups is 2. The normalized spacial score (nSPS) is 11.5. The average molecular weight is 327 g/mol. The maximum atomic E-state index is 12.0. The van der Waals surface area contributed by atoms with E-state index in [9.17, 15) is 9.59 Å². The topological polar surface area (TPSA) is 96.0 Å². The first kappa shape index (κ1) is 17.4. The van der Waals surface area contributed by atoms with Crippen LogP contribution in [0.1, 0.15) is 37.7 Å². The molecule has 0 aliphatic heterocycles. The fraction of sp³-hybridized carbons (Fsp3) is 0.294. The second-order valence-corrected chi connectivity index (χ2v) is 5.46. The molecule has 0 bridgehead atoms. The number of anilines is 3. The summed E-state index contributed by atoms with van der Waals surface area (Å²) in [6.07, 6.45) is 3.78. The van der Waals surface area contributed by atoms with E-state index in [0.717, 1.165) is 12.1 Å². The molecule has 2 amide bonds. The summed E-state index contributed by atoms with van der Waals surface area (Å²) < 4.78 is 0. The number of hydrogen-bond donors (Lipinski definition) is 3. The molecule has 3 N–H and O–H groups in total. The van der Waals surface area contributed by atoms with Crippen molar-refractivity contribution in [2.24, 2.45) is 0 Å². The Labute approximate surface area is 140 Å². The number of aromatic nitrogens is 2. The number of nitrogens with one attached hydrogen (secondary N) is 3. The molecule has 1 unspecified atom stereocenters. The molecule has 2 rings (SSSR count). The first-order chi connectivity index (χ1) is 11.5. The van der Waals surface area contributed by atoms with Gasteiger partial charge in [-0.05, 0) is 31.5 Å². The molecule has 1 heterocycles. The molecule has 1 aromatic carbocycles. The Morgan fingerprint density at radius 1 is 1.17 bits per heavy atom. The van der Waals surface area contributed by atoms with Gasteiger partial charge in [-0.2, -0.15) is 0 Å². The molecular weight excluding hydrogens is 306 g/mol. The van der Waals surface area contributed by atoms with Crippen molar-refractivity contribution in [1.82, 2.24) is 15.3 Å². The molecule has 0 radical (unpaired) electrons. The summed E-state index contributed by atoms with van der Waals surface area (Å²) in [5, 5.41) is 8.63. The van der Waals surface area contributed by atoms with Gasteiger partial charge in [-0.1, -0.05) is 13.0 Å². The smallest absolute Gasteiger partial charge is 0.271 e. The molecule has 0 fully saturated rings. The van der Waals surface area contributed by atoms with E-state index in [1.165, 1.54) is 19.3 Å². The van der Waals surface area contributed by atoms with Crippen LogP contribution in [0.15, 0.2) is 36.7 Å². The van der Waals surface area contributed by atoms with Gasteiger partial charge in [0.2, 0.25) is 5.91 Å². The third-order valence-corrected chi connectivity index (χ3v) is 3.33. The second-order valence-electron chi connectivity index (χ2n) is 5.46. The predicted molar refractivity (Wildman–Crippen MR) is 93.3 cm³/mol. The molecule has 7 heteroatoms. The predicted octanol–water partition coefficient (Wildman–Crippen LogP) is 2.71. The maximum Gasteiger partial charge on any atom is 0.271 e. The minimum Gasteiger partial charge on any atom is -0.348 e. The SMILES string of the molecule is CCC(C)NC(=O)c1cnc(Nc2cccc(NC(C)=O)c2)cn1. The van der Waals surface area contributed by atoms with Crippen LogP contribution in [0.5, 0.6) is 0 Å². The summed E-state index contributed by atoms with van der Waals surface area (Å²) in [7, 11) is 0. The Kier molecular flexibility index (Phi) is 5.83. The lowest BCUT2D eigenvalue weighted by Crippen LogP contribution is -2.32. The van der Waals surface area contributed by atoms with Gasteiger partial charge in [0.1, 0.15) is 11.5 Å². The highest BCUT2D eigenvalue weighted by Crippen LogP contribution is 2.18. The van der Waals surface area contributed by atoms with E-state index in [1.807, 2.05) is 26.0 Å². The number of nitrogens with zero attached hydrogens (tertiary/aromatic N) is 2. The lowest BCUT2D eigenvalue weighted by Gasteiger charge is -2.11. The molecule has 0 spiro atoms. The summed E-state index contributed by atoms with van der Waals surface area (Å²) in [6.45, 7) is 5.39. The van der Waals surface area contributed by atoms with Gasteiger partial charge in [-0.15, -0.1) is 0 Å². The Morgan fingerprint density at radius 2 is 1.92 bits per heavy atom. The lowest BCUT2D eigenvalue weighted by molar-refractivity contribution is -0.114. The third kappa shape index (κ3) is 5.05. The van der Waals surface area contributed by atoms with Crippen molar-refractivity contribution in [3.8, 4) is 0 Å². The van der Waals surface area contributed by atoms with E-state index in [4.69, 9.17) is 0 Å². The molecule has 24 heavy (non-hydrogen) atoms. The van der Waals surface area contributed by atoms with E-state index >= 15 is 0 Å². The average Bonchev–Trinajstić information content (AvgIpc) is 2.55. The van der Waals surface area contributed by atoms with Gasteiger partial charge in [0, 0.05) is 24.3 Å². The molecule has 1 aromatic heterocycles. The summed E-state index contributed by atoms with van der Waals surface area (Å²) in [4.78, 5) is 31.4. The quantitative estimate of drug-likeness (QED) is 0.758. The zero-order valence-corrected chi connectivity index (χ0v) is 14.0. The highest BCUT2D eigenvalue weighted by Gasteiger charge is 2.10. The van der Waals surface area contributed by atoms with Crippen molar-refractivity contribution < 1.29 is 9.59 Å². The molecule has 7 nitrogen and oxygen atoms in total. The van der Waals surface area contributed by atoms with Crippen LogP contribution >= 0.6 is 0 Å². The van der Waals surface area contributed by atoms with Crippen molar-refractivity contribution >= 4 is 29.0 Å². The highest BCUT2D eigenvalue weighted by atomic mass is 16.2. The number of rotatable bonds is 6. The minimum absolute atomic E-state index is 0.0913. The van der Waals surface area contributed by atoms with E-state index < -0.39 is 0 Å². The minimum atomic E-state index is -0.240. The molecule has 0 aliphatic rings. The second kappa shape index (κ2) is 8.05. The molecule has 0 aliphatic carbocycles. The third-order valence-electron chi connectivity index (χ3n) is 3.33. The fourth-order valence-corrected chi connectivity index (χ4v) is 1.94. The molecule has 1 atom stereocenters. The molecular formula is C17H21N5O2. The largest absolute Gasteiger partial charge is 0.348 e. The highest BCUT2D eigenvalue weighted by molar-refractivity contribution is 5.92. The maximum absolute atomic E-state index is 12.0. The molecule has 2 aromatic rings.